The molecule has 2 amide bonds. The van der Waals surface area contributed by atoms with Gasteiger partial charge < -0.3 is 4.57 Å². The minimum atomic E-state index is -0.389. The van der Waals surface area contributed by atoms with Gasteiger partial charge in [-0.25, -0.2) is 4.90 Å². The first-order chi connectivity index (χ1) is 29.3. The topological polar surface area (TPSA) is 89.9 Å². The van der Waals surface area contributed by atoms with E-state index in [1.165, 1.54) is 4.90 Å². The molecule has 6 nitrogen and oxygen atoms in total. The normalized spacial score (nSPS) is 12.2. The van der Waals surface area contributed by atoms with Crippen molar-refractivity contribution < 1.29 is 9.59 Å². The number of aromatic nitrogens is 1. The summed E-state index contributed by atoms with van der Waals surface area (Å²) in [6.45, 7) is 4.02. The van der Waals surface area contributed by atoms with Crippen LogP contribution in [-0.2, 0) is 0 Å². The Morgan fingerprint density at radius 1 is 0.417 bits per heavy atom. The summed E-state index contributed by atoms with van der Waals surface area (Å²) in [5, 5.41) is 21.0. The van der Waals surface area contributed by atoms with Crippen LogP contribution in [0.5, 0.6) is 0 Å². The van der Waals surface area contributed by atoms with Gasteiger partial charge in [-0.3, -0.25) is 9.59 Å². The van der Waals surface area contributed by atoms with E-state index in [1.807, 2.05) is 135 Å². The van der Waals surface area contributed by atoms with Gasteiger partial charge in [-0.2, -0.15) is 10.5 Å². The highest BCUT2D eigenvalue weighted by atomic mass is 16.2. The molecule has 282 valence electrons. The van der Waals surface area contributed by atoms with Crippen molar-refractivity contribution in [2.75, 3.05) is 4.90 Å². The standard InChI is InChI=1S/C54H34N4O2/c1-33-26-35(31-55)16-21-42(33)40-19-24-49-46(29-40)47-30-41(43-22-17-36(32-56)27-34(43)2)20-25-50(47)57(49)51-15-9-14-44-52(51)54(60)58(53(44)59)48-23-18-39(37-10-5-3-6-11-37)28-45(48)38-12-7-4-8-13-38/h3-30H,1-2H3. The second kappa shape index (κ2) is 14.3. The first-order valence-corrected chi connectivity index (χ1v) is 19.7. The van der Waals surface area contributed by atoms with Gasteiger partial charge in [0.1, 0.15) is 0 Å². The molecule has 1 aromatic heterocycles. The number of rotatable bonds is 6. The molecule has 0 N–H and O–H groups in total. The number of fused-ring (bicyclic) bond motifs is 4. The number of hydrogen-bond acceptors (Lipinski definition) is 4. The second-order valence-corrected chi connectivity index (χ2v) is 15.2. The fraction of sp³-hybridized carbons (Fsp3) is 0.0370. The third-order valence-electron chi connectivity index (χ3n) is 11.7. The number of nitriles is 2. The van der Waals surface area contributed by atoms with Gasteiger partial charge in [0.05, 0.1) is 56.8 Å². The van der Waals surface area contributed by atoms with Crippen molar-refractivity contribution in [1.82, 2.24) is 4.57 Å². The number of benzene rings is 8. The van der Waals surface area contributed by atoms with Crippen LogP contribution in [0.2, 0.25) is 0 Å². The first kappa shape index (κ1) is 36.0. The van der Waals surface area contributed by atoms with Crippen molar-refractivity contribution in [2.24, 2.45) is 0 Å². The first-order valence-electron chi connectivity index (χ1n) is 19.7. The maximum Gasteiger partial charge on any atom is 0.268 e. The number of imide groups is 1. The summed E-state index contributed by atoms with van der Waals surface area (Å²) in [6.07, 6.45) is 0. The van der Waals surface area contributed by atoms with E-state index < -0.39 is 0 Å². The van der Waals surface area contributed by atoms with Gasteiger partial charge in [0, 0.05) is 16.3 Å². The van der Waals surface area contributed by atoms with Gasteiger partial charge >= 0.3 is 0 Å². The largest absolute Gasteiger partial charge is 0.308 e. The zero-order valence-corrected chi connectivity index (χ0v) is 32.8. The van der Waals surface area contributed by atoms with Crippen LogP contribution in [0, 0.1) is 36.5 Å². The Bertz CT molecular complexity index is 3230. The smallest absolute Gasteiger partial charge is 0.268 e. The highest BCUT2D eigenvalue weighted by molar-refractivity contribution is 6.36. The van der Waals surface area contributed by atoms with Gasteiger partial charge in [0.25, 0.3) is 11.8 Å². The lowest BCUT2D eigenvalue weighted by Crippen LogP contribution is -2.30. The van der Waals surface area contributed by atoms with E-state index in [2.05, 4.69) is 59.2 Å². The molecular formula is C54H34N4O2. The maximum atomic E-state index is 15.0. The predicted molar refractivity (Wildman–Crippen MR) is 239 cm³/mol. The molecule has 2 heterocycles. The average molecular weight is 771 g/mol. The molecule has 0 fully saturated rings. The van der Waals surface area contributed by atoms with E-state index in [0.717, 1.165) is 77.4 Å². The molecule has 0 spiro atoms. The second-order valence-electron chi connectivity index (χ2n) is 15.2. The third kappa shape index (κ3) is 5.78. The predicted octanol–water partition coefficient (Wildman–Crippen LogP) is 12.6. The summed E-state index contributed by atoms with van der Waals surface area (Å²) in [7, 11) is 0. The monoisotopic (exact) mass is 770 g/mol. The van der Waals surface area contributed by atoms with Gasteiger partial charge in [-0.1, -0.05) is 97.1 Å². The minimum absolute atomic E-state index is 0.339. The molecule has 0 atom stereocenters. The quantitative estimate of drug-likeness (QED) is 0.157. The lowest BCUT2D eigenvalue weighted by Gasteiger charge is -2.20. The van der Waals surface area contributed by atoms with Crippen LogP contribution >= 0.6 is 0 Å². The number of carbonyl (C=O) groups is 2. The molecule has 0 unspecified atom stereocenters. The van der Waals surface area contributed by atoms with E-state index in [-0.39, 0.29) is 11.8 Å². The van der Waals surface area contributed by atoms with E-state index in [1.54, 1.807) is 6.07 Å². The zero-order valence-electron chi connectivity index (χ0n) is 32.8. The Morgan fingerprint density at radius 2 is 0.967 bits per heavy atom. The molecule has 0 aliphatic carbocycles. The lowest BCUT2D eigenvalue weighted by atomic mass is 9.95. The number of anilines is 1. The van der Waals surface area contributed by atoms with Crippen LogP contribution < -0.4 is 4.90 Å². The molecule has 0 bridgehead atoms. The van der Waals surface area contributed by atoms with Crippen molar-refractivity contribution in [1.29, 1.82) is 10.5 Å². The van der Waals surface area contributed by atoms with E-state index in [4.69, 9.17) is 0 Å². The van der Waals surface area contributed by atoms with Gasteiger partial charge in [-0.05, 0) is 137 Å². The Labute approximate surface area is 347 Å². The molecule has 10 rings (SSSR count). The Morgan fingerprint density at radius 3 is 1.52 bits per heavy atom. The summed E-state index contributed by atoms with van der Waals surface area (Å²) in [4.78, 5) is 31.0. The maximum absolute atomic E-state index is 15.0. The van der Waals surface area contributed by atoms with Crippen LogP contribution in [0.25, 0.3) is 72.0 Å². The summed E-state index contributed by atoms with van der Waals surface area (Å²) in [5.41, 5.74) is 14.4. The molecule has 60 heavy (non-hydrogen) atoms. The number of amides is 2. The van der Waals surface area contributed by atoms with E-state index >= 15 is 4.79 Å². The third-order valence-corrected chi connectivity index (χ3v) is 11.7. The van der Waals surface area contributed by atoms with Crippen molar-refractivity contribution in [2.45, 2.75) is 13.8 Å². The fourth-order valence-electron chi connectivity index (χ4n) is 8.79. The lowest BCUT2D eigenvalue weighted by molar-refractivity contribution is 0.0926. The molecule has 0 radical (unpaired) electrons. The molecule has 0 saturated heterocycles. The molecule has 1 aliphatic heterocycles. The van der Waals surface area contributed by atoms with Gasteiger partial charge in [-0.15, -0.1) is 0 Å². The van der Waals surface area contributed by atoms with Crippen LogP contribution in [0.15, 0.2) is 170 Å². The molecule has 6 heteroatoms. The zero-order chi connectivity index (χ0) is 41.1. The number of aryl methyl sites for hydroxylation is 2. The number of carbonyl (C=O) groups excluding carboxylic acids is 2. The Balaban J connectivity index is 1.17. The average Bonchev–Trinajstić information content (AvgIpc) is 3.75. The van der Waals surface area contributed by atoms with E-state index in [9.17, 15) is 15.3 Å². The molecule has 1 aliphatic rings. The summed E-state index contributed by atoms with van der Waals surface area (Å²) >= 11 is 0. The summed E-state index contributed by atoms with van der Waals surface area (Å²) in [5.74, 6) is -0.765. The molecule has 9 aromatic rings. The van der Waals surface area contributed by atoms with Crippen molar-refractivity contribution in [3.05, 3.63) is 203 Å². The van der Waals surface area contributed by atoms with Crippen molar-refractivity contribution in [3.63, 3.8) is 0 Å². The van der Waals surface area contributed by atoms with E-state index in [0.29, 0.717) is 33.6 Å². The van der Waals surface area contributed by atoms with Crippen molar-refractivity contribution in [3.8, 4) is 62.3 Å². The van der Waals surface area contributed by atoms with Crippen LogP contribution in [-0.4, -0.2) is 16.4 Å². The highest BCUT2D eigenvalue weighted by Gasteiger charge is 2.40. The SMILES string of the molecule is Cc1cc(C#N)ccc1-c1ccc2c(c1)c1cc(-c3ccc(C#N)cc3C)ccc1n2-c1cccc2c1C(=O)N(c1ccc(-c3ccccc3)cc1-c1ccccc1)C2=O. The van der Waals surface area contributed by atoms with Gasteiger partial charge in [0.2, 0.25) is 0 Å². The van der Waals surface area contributed by atoms with Crippen LogP contribution in [0.1, 0.15) is 43.0 Å². The molecular weight excluding hydrogens is 737 g/mol. The number of hydrogen-bond donors (Lipinski definition) is 0. The number of nitrogens with zero attached hydrogens (tertiary/aromatic N) is 4. The minimum Gasteiger partial charge on any atom is -0.308 e. The highest BCUT2D eigenvalue weighted by Crippen LogP contribution is 2.43. The molecule has 0 saturated carbocycles. The van der Waals surface area contributed by atoms with Gasteiger partial charge in [0.15, 0.2) is 0 Å². The van der Waals surface area contributed by atoms with Crippen LogP contribution in [0.3, 0.4) is 0 Å². The molecule has 8 aromatic carbocycles. The van der Waals surface area contributed by atoms with Crippen molar-refractivity contribution >= 4 is 39.3 Å². The fourth-order valence-corrected chi connectivity index (χ4v) is 8.79. The Kier molecular flexibility index (Phi) is 8.56. The summed E-state index contributed by atoms with van der Waals surface area (Å²) in [6, 6.07) is 59.9. The Hall–Kier alpha value is -8.32. The summed E-state index contributed by atoms with van der Waals surface area (Å²) < 4.78 is 2.10. The van der Waals surface area contributed by atoms with Crippen LogP contribution in [0.4, 0.5) is 5.69 Å².